The van der Waals surface area contributed by atoms with Crippen molar-refractivity contribution < 1.29 is 4.79 Å². The number of urea groups is 1. The lowest BCUT2D eigenvalue weighted by molar-refractivity contribution is 0.156. The molecule has 1 unspecified atom stereocenters. The molecule has 18 heavy (non-hydrogen) atoms. The van der Waals surface area contributed by atoms with Crippen molar-refractivity contribution in [1.82, 2.24) is 4.90 Å². The van der Waals surface area contributed by atoms with Crippen molar-refractivity contribution in [3.63, 3.8) is 0 Å². The van der Waals surface area contributed by atoms with E-state index in [-0.39, 0.29) is 17.5 Å². The first kappa shape index (κ1) is 14.4. The standard InChI is InChI=1S/C14H23N3O/c1-10(14(2,3)4)17(5)13(18)16-12-8-6-11(15)7-9-12/h6-10H,15H2,1-5H3,(H,16,18). The maximum atomic E-state index is 12.1. The largest absolute Gasteiger partial charge is 0.399 e. The van der Waals surface area contributed by atoms with Crippen LogP contribution in [0.4, 0.5) is 16.2 Å². The van der Waals surface area contributed by atoms with Gasteiger partial charge in [-0.2, -0.15) is 0 Å². The molecule has 1 aromatic rings. The summed E-state index contributed by atoms with van der Waals surface area (Å²) >= 11 is 0. The van der Waals surface area contributed by atoms with E-state index in [4.69, 9.17) is 5.73 Å². The summed E-state index contributed by atoms with van der Waals surface area (Å²) in [5.41, 5.74) is 7.08. The molecule has 1 atom stereocenters. The van der Waals surface area contributed by atoms with E-state index >= 15 is 0 Å². The van der Waals surface area contributed by atoms with Gasteiger partial charge in [0.25, 0.3) is 0 Å². The minimum Gasteiger partial charge on any atom is -0.399 e. The Hall–Kier alpha value is -1.71. The molecule has 0 fully saturated rings. The summed E-state index contributed by atoms with van der Waals surface area (Å²) in [6.45, 7) is 8.39. The van der Waals surface area contributed by atoms with Gasteiger partial charge in [0.1, 0.15) is 0 Å². The number of nitrogens with zero attached hydrogens (tertiary/aromatic N) is 1. The lowest BCUT2D eigenvalue weighted by atomic mass is 9.87. The molecule has 0 aliphatic heterocycles. The lowest BCUT2D eigenvalue weighted by Gasteiger charge is -2.35. The van der Waals surface area contributed by atoms with Crippen LogP contribution in [0.5, 0.6) is 0 Å². The Balaban J connectivity index is 2.68. The van der Waals surface area contributed by atoms with Gasteiger partial charge in [0.2, 0.25) is 0 Å². The highest BCUT2D eigenvalue weighted by atomic mass is 16.2. The number of nitrogens with one attached hydrogen (secondary N) is 1. The summed E-state index contributed by atoms with van der Waals surface area (Å²) in [4.78, 5) is 13.8. The summed E-state index contributed by atoms with van der Waals surface area (Å²) in [5, 5.41) is 2.85. The number of nitrogens with two attached hydrogens (primary N) is 1. The van der Waals surface area contributed by atoms with Crippen LogP contribution in [0.2, 0.25) is 0 Å². The Kier molecular flexibility index (Phi) is 4.22. The minimum absolute atomic E-state index is 0.0488. The Morgan fingerprint density at radius 1 is 1.28 bits per heavy atom. The number of nitrogen functional groups attached to an aromatic ring is 1. The fourth-order valence-electron chi connectivity index (χ4n) is 1.53. The van der Waals surface area contributed by atoms with Gasteiger partial charge in [-0.1, -0.05) is 20.8 Å². The van der Waals surface area contributed by atoms with Crippen molar-refractivity contribution in [2.75, 3.05) is 18.1 Å². The predicted octanol–water partition coefficient (Wildman–Crippen LogP) is 3.17. The van der Waals surface area contributed by atoms with Crippen molar-refractivity contribution in [3.8, 4) is 0 Å². The van der Waals surface area contributed by atoms with Gasteiger partial charge in [-0.25, -0.2) is 4.79 Å². The highest BCUT2D eigenvalue weighted by molar-refractivity contribution is 5.89. The highest BCUT2D eigenvalue weighted by Crippen LogP contribution is 2.23. The Morgan fingerprint density at radius 3 is 2.22 bits per heavy atom. The third-order valence-corrected chi connectivity index (χ3v) is 3.32. The maximum absolute atomic E-state index is 12.1. The van der Waals surface area contributed by atoms with Crippen LogP contribution in [-0.2, 0) is 0 Å². The van der Waals surface area contributed by atoms with E-state index in [2.05, 4.69) is 26.1 Å². The zero-order valence-corrected chi connectivity index (χ0v) is 11.8. The zero-order chi connectivity index (χ0) is 13.9. The number of hydrogen-bond acceptors (Lipinski definition) is 2. The molecule has 0 radical (unpaired) electrons. The average Bonchev–Trinajstić information content (AvgIpc) is 2.29. The van der Waals surface area contributed by atoms with Crippen LogP contribution < -0.4 is 11.1 Å². The van der Waals surface area contributed by atoms with Crippen LogP contribution in [0.15, 0.2) is 24.3 Å². The molecule has 0 spiro atoms. The maximum Gasteiger partial charge on any atom is 0.321 e. The topological polar surface area (TPSA) is 58.4 Å². The lowest BCUT2D eigenvalue weighted by Crippen LogP contribution is -2.44. The number of benzene rings is 1. The normalized spacial score (nSPS) is 12.9. The van der Waals surface area contributed by atoms with Crippen molar-refractivity contribution in [2.45, 2.75) is 33.7 Å². The molecule has 0 aromatic heterocycles. The van der Waals surface area contributed by atoms with E-state index in [1.165, 1.54) is 0 Å². The van der Waals surface area contributed by atoms with Gasteiger partial charge in [-0.3, -0.25) is 0 Å². The third-order valence-electron chi connectivity index (χ3n) is 3.32. The van der Waals surface area contributed by atoms with Crippen molar-refractivity contribution in [2.24, 2.45) is 5.41 Å². The van der Waals surface area contributed by atoms with E-state index in [0.29, 0.717) is 5.69 Å². The number of rotatable bonds is 2. The number of amides is 2. The molecule has 0 bridgehead atoms. The molecule has 0 heterocycles. The summed E-state index contributed by atoms with van der Waals surface area (Å²) in [7, 11) is 1.81. The van der Waals surface area contributed by atoms with Crippen LogP contribution in [0, 0.1) is 5.41 Å². The van der Waals surface area contributed by atoms with Gasteiger partial charge in [0.05, 0.1) is 0 Å². The van der Waals surface area contributed by atoms with E-state index in [1.807, 2.05) is 14.0 Å². The van der Waals surface area contributed by atoms with Crippen molar-refractivity contribution >= 4 is 17.4 Å². The highest BCUT2D eigenvalue weighted by Gasteiger charge is 2.26. The Labute approximate surface area is 109 Å². The van der Waals surface area contributed by atoms with Crippen LogP contribution >= 0.6 is 0 Å². The zero-order valence-electron chi connectivity index (χ0n) is 11.8. The fraction of sp³-hybridized carbons (Fsp3) is 0.500. The number of carbonyl (C=O) groups excluding carboxylic acids is 1. The van der Waals surface area contributed by atoms with Crippen molar-refractivity contribution in [1.29, 1.82) is 0 Å². The SMILES string of the molecule is CC(N(C)C(=O)Nc1ccc(N)cc1)C(C)(C)C. The third kappa shape index (κ3) is 3.65. The number of hydrogen-bond donors (Lipinski definition) is 2. The molecule has 4 heteroatoms. The van der Waals surface area contributed by atoms with E-state index in [0.717, 1.165) is 5.69 Å². The van der Waals surface area contributed by atoms with Gasteiger partial charge in [0, 0.05) is 24.5 Å². The second-order valence-electron chi connectivity index (χ2n) is 5.71. The molecule has 4 nitrogen and oxygen atoms in total. The molecule has 0 saturated heterocycles. The summed E-state index contributed by atoms with van der Waals surface area (Å²) in [5.74, 6) is 0. The number of carbonyl (C=O) groups is 1. The first-order valence-corrected chi connectivity index (χ1v) is 6.11. The number of anilines is 2. The molecule has 100 valence electrons. The molecule has 0 saturated carbocycles. The molecule has 1 rings (SSSR count). The Morgan fingerprint density at radius 2 is 1.78 bits per heavy atom. The van der Waals surface area contributed by atoms with E-state index in [1.54, 1.807) is 29.2 Å². The molecule has 0 aliphatic rings. The quantitative estimate of drug-likeness (QED) is 0.791. The van der Waals surface area contributed by atoms with Gasteiger partial charge in [-0.05, 0) is 36.6 Å². The van der Waals surface area contributed by atoms with Crippen LogP contribution in [-0.4, -0.2) is 24.0 Å². The monoisotopic (exact) mass is 249 g/mol. The van der Waals surface area contributed by atoms with E-state index < -0.39 is 0 Å². The molecular weight excluding hydrogens is 226 g/mol. The van der Waals surface area contributed by atoms with Crippen LogP contribution in [0.25, 0.3) is 0 Å². The molecule has 0 aliphatic carbocycles. The van der Waals surface area contributed by atoms with Crippen molar-refractivity contribution in [3.05, 3.63) is 24.3 Å². The molecule has 2 amide bonds. The molecular formula is C14H23N3O. The smallest absolute Gasteiger partial charge is 0.321 e. The van der Waals surface area contributed by atoms with E-state index in [9.17, 15) is 4.79 Å². The van der Waals surface area contributed by atoms with Crippen LogP contribution in [0.3, 0.4) is 0 Å². The molecule has 1 aromatic carbocycles. The Bertz CT molecular complexity index is 406. The predicted molar refractivity (Wildman–Crippen MR) is 76.6 cm³/mol. The minimum atomic E-state index is -0.109. The van der Waals surface area contributed by atoms with Crippen LogP contribution in [0.1, 0.15) is 27.7 Å². The second-order valence-corrected chi connectivity index (χ2v) is 5.71. The summed E-state index contributed by atoms with van der Waals surface area (Å²) in [6.07, 6.45) is 0. The van der Waals surface area contributed by atoms with Gasteiger partial charge < -0.3 is 16.0 Å². The van der Waals surface area contributed by atoms with Gasteiger partial charge in [0.15, 0.2) is 0 Å². The fourth-order valence-corrected chi connectivity index (χ4v) is 1.53. The first-order valence-electron chi connectivity index (χ1n) is 6.11. The second kappa shape index (κ2) is 5.29. The van der Waals surface area contributed by atoms with Gasteiger partial charge in [-0.15, -0.1) is 0 Å². The van der Waals surface area contributed by atoms with Gasteiger partial charge >= 0.3 is 6.03 Å². The summed E-state index contributed by atoms with van der Waals surface area (Å²) < 4.78 is 0. The molecule has 3 N–H and O–H groups in total. The average molecular weight is 249 g/mol. The summed E-state index contributed by atoms with van der Waals surface area (Å²) in [6, 6.07) is 7.16. The first-order chi connectivity index (χ1) is 8.21.